The predicted octanol–water partition coefficient (Wildman–Crippen LogP) is 2.24. The van der Waals surface area contributed by atoms with E-state index in [4.69, 9.17) is 16.3 Å². The van der Waals surface area contributed by atoms with E-state index < -0.39 is 0 Å². The van der Waals surface area contributed by atoms with E-state index in [1.165, 1.54) is 12.7 Å². The Bertz CT molecular complexity index is 840. The molecule has 2 aromatic carbocycles. The molecule has 0 saturated heterocycles. The van der Waals surface area contributed by atoms with Crippen molar-refractivity contribution in [2.24, 2.45) is 0 Å². The zero-order chi connectivity index (χ0) is 21.4. The fourth-order valence-electron chi connectivity index (χ4n) is 3.00. The van der Waals surface area contributed by atoms with Crippen LogP contribution in [0.5, 0.6) is 5.75 Å². The van der Waals surface area contributed by atoms with Crippen LogP contribution in [0.15, 0.2) is 42.5 Å². The summed E-state index contributed by atoms with van der Waals surface area (Å²) < 4.78 is 5.23. The highest BCUT2D eigenvalue weighted by Crippen LogP contribution is 2.27. The van der Waals surface area contributed by atoms with Gasteiger partial charge in [0.1, 0.15) is 5.75 Å². The Labute approximate surface area is 177 Å². The van der Waals surface area contributed by atoms with Crippen molar-refractivity contribution in [2.75, 3.05) is 32.6 Å². The lowest BCUT2D eigenvalue weighted by atomic mass is 10.1. The number of quaternary nitrogens is 1. The van der Waals surface area contributed by atoms with Crippen LogP contribution in [0.2, 0.25) is 5.02 Å². The van der Waals surface area contributed by atoms with Crippen molar-refractivity contribution >= 4 is 29.1 Å². The molecule has 0 aromatic heterocycles. The normalized spacial score (nSPS) is 12.7. The molecule has 0 aliphatic rings. The maximum absolute atomic E-state index is 12.3. The number of carbonyl (C=O) groups is 2. The van der Waals surface area contributed by atoms with Crippen molar-refractivity contribution < 1.29 is 19.2 Å². The number of halogens is 1. The molecule has 1 unspecified atom stereocenters. The molecule has 0 spiro atoms. The van der Waals surface area contributed by atoms with Gasteiger partial charge in [-0.25, -0.2) is 0 Å². The summed E-state index contributed by atoms with van der Waals surface area (Å²) in [6.45, 7) is 4.39. The molecule has 0 saturated carbocycles. The molecule has 29 heavy (non-hydrogen) atoms. The topological polar surface area (TPSA) is 71.9 Å². The third-order valence-electron chi connectivity index (χ3n) is 4.63. The van der Waals surface area contributed by atoms with Gasteiger partial charge in [-0.1, -0.05) is 42.8 Å². The molecule has 2 rings (SSSR count). The van der Waals surface area contributed by atoms with Crippen LogP contribution in [-0.4, -0.2) is 39.1 Å². The van der Waals surface area contributed by atoms with E-state index in [-0.39, 0.29) is 30.9 Å². The van der Waals surface area contributed by atoms with Crippen molar-refractivity contribution in [1.82, 2.24) is 5.32 Å². The summed E-state index contributed by atoms with van der Waals surface area (Å²) in [5.41, 5.74) is 2.82. The Kier molecular flexibility index (Phi) is 8.49. The largest absolute Gasteiger partial charge is 0.495 e. The molecule has 0 heterocycles. The van der Waals surface area contributed by atoms with Gasteiger partial charge in [0, 0.05) is 5.02 Å². The van der Waals surface area contributed by atoms with E-state index >= 15 is 0 Å². The number of carbonyl (C=O) groups excluding carboxylic acids is 2. The number of hydrogen-bond donors (Lipinski definition) is 3. The molecule has 0 aliphatic carbocycles. The zero-order valence-electron chi connectivity index (χ0n) is 17.3. The standard InChI is InChI=1S/C22H28ClN3O3/c1-5-16-6-8-17(9-7-16)15(2)24-21(27)13-26(3)14-22(28)25-19-12-18(23)10-11-20(19)29-4/h6-12,15H,5,13-14H2,1-4H3,(H,24,27)(H,25,28)/p+1/t15-/m0/s1. The third-order valence-corrected chi connectivity index (χ3v) is 4.86. The fourth-order valence-corrected chi connectivity index (χ4v) is 3.17. The van der Waals surface area contributed by atoms with E-state index in [1.807, 2.05) is 19.1 Å². The minimum Gasteiger partial charge on any atom is -0.495 e. The van der Waals surface area contributed by atoms with Crippen molar-refractivity contribution in [3.63, 3.8) is 0 Å². The Morgan fingerprint density at radius 3 is 2.38 bits per heavy atom. The number of rotatable bonds is 9. The molecular formula is C22H29ClN3O3+. The zero-order valence-corrected chi connectivity index (χ0v) is 18.1. The molecule has 3 N–H and O–H groups in total. The molecule has 7 heteroatoms. The average Bonchev–Trinajstić information content (AvgIpc) is 2.67. The van der Waals surface area contributed by atoms with Gasteiger partial charge in [0.25, 0.3) is 11.8 Å². The highest BCUT2D eigenvalue weighted by Gasteiger charge is 2.17. The number of hydrogen-bond acceptors (Lipinski definition) is 3. The van der Waals surface area contributed by atoms with Gasteiger partial charge >= 0.3 is 0 Å². The van der Waals surface area contributed by atoms with Crippen molar-refractivity contribution in [1.29, 1.82) is 0 Å². The molecule has 156 valence electrons. The van der Waals surface area contributed by atoms with Crippen LogP contribution < -0.4 is 20.3 Å². The SMILES string of the molecule is CCc1ccc([C@H](C)NC(=O)C[NH+](C)CC(=O)Nc2cc(Cl)ccc2OC)cc1. The summed E-state index contributed by atoms with van der Waals surface area (Å²) in [6.07, 6.45) is 0.984. The predicted molar refractivity (Wildman–Crippen MR) is 116 cm³/mol. The Hall–Kier alpha value is -2.57. The Morgan fingerprint density at radius 2 is 1.76 bits per heavy atom. The lowest BCUT2D eigenvalue weighted by Crippen LogP contribution is -3.11. The number of likely N-dealkylation sites (N-methyl/N-ethyl adjacent to an activating group) is 1. The summed E-state index contributed by atoms with van der Waals surface area (Å²) in [5.74, 6) is 0.197. The second kappa shape index (κ2) is 10.8. The van der Waals surface area contributed by atoms with Crippen LogP contribution in [0, 0.1) is 0 Å². The maximum Gasteiger partial charge on any atom is 0.279 e. The molecule has 0 fully saturated rings. The number of nitrogens with one attached hydrogen (secondary N) is 3. The number of ether oxygens (including phenoxy) is 1. The van der Waals surface area contributed by atoms with Gasteiger partial charge in [-0.05, 0) is 42.7 Å². The first-order chi connectivity index (χ1) is 13.8. The monoisotopic (exact) mass is 418 g/mol. The Balaban J connectivity index is 1.84. The summed E-state index contributed by atoms with van der Waals surface area (Å²) in [5, 5.41) is 6.27. The highest BCUT2D eigenvalue weighted by atomic mass is 35.5. The number of benzene rings is 2. The van der Waals surface area contributed by atoms with E-state index in [0.29, 0.717) is 16.5 Å². The maximum atomic E-state index is 12.3. The second-order valence-electron chi connectivity index (χ2n) is 7.09. The summed E-state index contributed by atoms with van der Waals surface area (Å²) in [6, 6.07) is 13.1. The number of methoxy groups -OCH3 is 1. The fraction of sp³-hybridized carbons (Fsp3) is 0.364. The first-order valence-electron chi connectivity index (χ1n) is 9.65. The van der Waals surface area contributed by atoms with Gasteiger partial charge in [-0.2, -0.15) is 0 Å². The van der Waals surface area contributed by atoms with Gasteiger partial charge in [-0.15, -0.1) is 0 Å². The lowest BCUT2D eigenvalue weighted by Gasteiger charge is -2.18. The van der Waals surface area contributed by atoms with Gasteiger partial charge < -0.3 is 20.3 Å². The molecule has 6 nitrogen and oxygen atoms in total. The van der Waals surface area contributed by atoms with Gasteiger partial charge in [0.05, 0.1) is 25.9 Å². The minimum absolute atomic E-state index is 0.0919. The van der Waals surface area contributed by atoms with Gasteiger partial charge in [-0.3, -0.25) is 9.59 Å². The molecule has 2 aromatic rings. The number of aryl methyl sites for hydroxylation is 1. The number of amides is 2. The first-order valence-corrected chi connectivity index (χ1v) is 10.0. The van der Waals surface area contributed by atoms with Crippen LogP contribution in [0.1, 0.15) is 31.0 Å². The van der Waals surface area contributed by atoms with Crippen molar-refractivity contribution in [2.45, 2.75) is 26.3 Å². The Morgan fingerprint density at radius 1 is 1.10 bits per heavy atom. The summed E-state index contributed by atoms with van der Waals surface area (Å²) in [7, 11) is 3.33. The van der Waals surface area contributed by atoms with E-state index in [0.717, 1.165) is 16.9 Å². The highest BCUT2D eigenvalue weighted by molar-refractivity contribution is 6.31. The van der Waals surface area contributed by atoms with E-state index in [1.54, 1.807) is 25.2 Å². The summed E-state index contributed by atoms with van der Waals surface area (Å²) >= 11 is 5.98. The lowest BCUT2D eigenvalue weighted by molar-refractivity contribution is -0.862. The first kappa shape index (κ1) is 22.7. The van der Waals surface area contributed by atoms with E-state index in [2.05, 4.69) is 29.7 Å². The molecule has 2 atom stereocenters. The van der Waals surface area contributed by atoms with E-state index in [9.17, 15) is 9.59 Å². The van der Waals surface area contributed by atoms with Gasteiger partial charge in [0.15, 0.2) is 13.1 Å². The quantitative estimate of drug-likeness (QED) is 0.584. The smallest absolute Gasteiger partial charge is 0.279 e. The van der Waals surface area contributed by atoms with Crippen molar-refractivity contribution in [3.8, 4) is 5.75 Å². The third kappa shape index (κ3) is 7.07. The molecular weight excluding hydrogens is 390 g/mol. The minimum atomic E-state index is -0.223. The van der Waals surface area contributed by atoms with Crippen LogP contribution in [0.3, 0.4) is 0 Å². The van der Waals surface area contributed by atoms with Crippen LogP contribution >= 0.6 is 11.6 Å². The summed E-state index contributed by atoms with van der Waals surface area (Å²) in [4.78, 5) is 25.4. The van der Waals surface area contributed by atoms with Crippen LogP contribution in [0.4, 0.5) is 5.69 Å². The second-order valence-corrected chi connectivity index (χ2v) is 7.52. The van der Waals surface area contributed by atoms with Crippen molar-refractivity contribution in [3.05, 3.63) is 58.6 Å². The molecule has 2 amide bonds. The molecule has 0 aliphatic heterocycles. The van der Waals surface area contributed by atoms with Gasteiger partial charge in [0.2, 0.25) is 0 Å². The van der Waals surface area contributed by atoms with Crippen LogP contribution in [-0.2, 0) is 16.0 Å². The average molecular weight is 419 g/mol. The molecule has 0 bridgehead atoms. The molecule has 0 radical (unpaired) electrons. The van der Waals surface area contributed by atoms with Crippen LogP contribution in [0.25, 0.3) is 0 Å². The number of anilines is 1.